The van der Waals surface area contributed by atoms with Crippen LogP contribution in [0.1, 0.15) is 12.8 Å². The molecule has 1 aliphatic carbocycles. The largest absolute Gasteiger partial charge is 0.480 e. The fourth-order valence-corrected chi connectivity index (χ4v) is 2.24. The first-order valence-electron chi connectivity index (χ1n) is 6.29. The zero-order valence-electron chi connectivity index (χ0n) is 10.9. The quantitative estimate of drug-likeness (QED) is 0.845. The number of nitrogens with zero attached hydrogens (tertiary/aromatic N) is 1. The van der Waals surface area contributed by atoms with Crippen LogP contribution in [0.25, 0.3) is 0 Å². The SMILES string of the molecule is O=C(O)CN(CC1CC1)C(=O)Nc1c(F)cc(Br)cc1F. The number of anilines is 1. The number of carboxylic acid groups (broad SMARTS) is 1. The van der Waals surface area contributed by atoms with Gasteiger partial charge in [-0.1, -0.05) is 15.9 Å². The molecule has 8 heteroatoms. The van der Waals surface area contributed by atoms with Crippen molar-refractivity contribution in [3.63, 3.8) is 0 Å². The summed E-state index contributed by atoms with van der Waals surface area (Å²) in [5, 5.41) is 10.9. The van der Waals surface area contributed by atoms with Crippen molar-refractivity contribution < 1.29 is 23.5 Å². The molecular formula is C13H13BrF2N2O3. The van der Waals surface area contributed by atoms with Crippen molar-refractivity contribution in [3.8, 4) is 0 Å². The summed E-state index contributed by atoms with van der Waals surface area (Å²) in [6, 6.07) is 1.20. The summed E-state index contributed by atoms with van der Waals surface area (Å²) in [5.74, 6) is -2.79. The number of halogens is 3. The number of hydrogen-bond acceptors (Lipinski definition) is 2. The third-order valence-corrected chi connectivity index (χ3v) is 3.49. The van der Waals surface area contributed by atoms with Gasteiger partial charge in [0.25, 0.3) is 0 Å². The van der Waals surface area contributed by atoms with Crippen LogP contribution in [0.5, 0.6) is 0 Å². The molecule has 1 aliphatic rings. The van der Waals surface area contributed by atoms with E-state index in [-0.39, 0.29) is 16.9 Å². The molecule has 1 fully saturated rings. The normalized spacial score (nSPS) is 13.9. The van der Waals surface area contributed by atoms with E-state index in [1.54, 1.807) is 0 Å². The Morgan fingerprint density at radius 1 is 1.33 bits per heavy atom. The van der Waals surface area contributed by atoms with Crippen molar-refractivity contribution in [1.29, 1.82) is 0 Å². The lowest BCUT2D eigenvalue weighted by Gasteiger charge is -2.21. The summed E-state index contributed by atoms with van der Waals surface area (Å²) < 4.78 is 27.5. The van der Waals surface area contributed by atoms with Gasteiger partial charge < -0.3 is 15.3 Å². The molecule has 21 heavy (non-hydrogen) atoms. The molecule has 0 aromatic heterocycles. The van der Waals surface area contributed by atoms with E-state index in [1.165, 1.54) is 0 Å². The lowest BCUT2D eigenvalue weighted by Crippen LogP contribution is -2.40. The molecule has 2 amide bonds. The van der Waals surface area contributed by atoms with E-state index < -0.39 is 35.9 Å². The lowest BCUT2D eigenvalue weighted by atomic mass is 10.3. The Bertz CT molecular complexity index is 556. The van der Waals surface area contributed by atoms with Gasteiger partial charge in [0, 0.05) is 11.0 Å². The Morgan fingerprint density at radius 3 is 2.38 bits per heavy atom. The van der Waals surface area contributed by atoms with Crippen LogP contribution >= 0.6 is 15.9 Å². The lowest BCUT2D eigenvalue weighted by molar-refractivity contribution is -0.137. The number of amides is 2. The third-order valence-electron chi connectivity index (χ3n) is 3.03. The van der Waals surface area contributed by atoms with Crippen molar-refractivity contribution >= 4 is 33.6 Å². The molecule has 0 unspecified atom stereocenters. The molecular weight excluding hydrogens is 350 g/mol. The van der Waals surface area contributed by atoms with E-state index in [9.17, 15) is 18.4 Å². The molecule has 1 aromatic carbocycles. The van der Waals surface area contributed by atoms with E-state index in [4.69, 9.17) is 5.11 Å². The number of urea groups is 1. The van der Waals surface area contributed by atoms with E-state index in [0.717, 1.165) is 29.9 Å². The van der Waals surface area contributed by atoms with Crippen LogP contribution in [-0.2, 0) is 4.79 Å². The first-order chi connectivity index (χ1) is 9.86. The van der Waals surface area contributed by atoms with Crippen LogP contribution in [0, 0.1) is 17.6 Å². The molecule has 2 rings (SSSR count). The smallest absolute Gasteiger partial charge is 0.323 e. The highest BCUT2D eigenvalue weighted by Gasteiger charge is 2.28. The average molecular weight is 363 g/mol. The van der Waals surface area contributed by atoms with Crippen molar-refractivity contribution in [2.75, 3.05) is 18.4 Å². The fraction of sp³-hybridized carbons (Fsp3) is 0.385. The molecule has 2 N–H and O–H groups in total. The van der Waals surface area contributed by atoms with Crippen LogP contribution in [0.4, 0.5) is 19.3 Å². The van der Waals surface area contributed by atoms with Gasteiger partial charge in [-0.15, -0.1) is 0 Å². The van der Waals surface area contributed by atoms with E-state index in [0.29, 0.717) is 0 Å². The minimum Gasteiger partial charge on any atom is -0.480 e. The molecule has 0 spiro atoms. The van der Waals surface area contributed by atoms with Crippen LogP contribution in [0.3, 0.4) is 0 Å². The van der Waals surface area contributed by atoms with Crippen molar-refractivity contribution in [2.24, 2.45) is 5.92 Å². The minimum absolute atomic E-state index is 0.205. The van der Waals surface area contributed by atoms with Gasteiger partial charge in [-0.25, -0.2) is 13.6 Å². The maximum absolute atomic E-state index is 13.7. The molecule has 1 saturated carbocycles. The fourth-order valence-electron chi connectivity index (χ4n) is 1.84. The molecule has 114 valence electrons. The second-order valence-corrected chi connectivity index (χ2v) is 5.81. The van der Waals surface area contributed by atoms with Crippen LogP contribution in [0.15, 0.2) is 16.6 Å². The highest BCUT2D eigenvalue weighted by Crippen LogP contribution is 2.30. The van der Waals surface area contributed by atoms with Gasteiger partial charge in [-0.2, -0.15) is 0 Å². The van der Waals surface area contributed by atoms with Crippen molar-refractivity contribution in [3.05, 3.63) is 28.2 Å². The van der Waals surface area contributed by atoms with Crippen LogP contribution in [0.2, 0.25) is 0 Å². The molecule has 0 aliphatic heterocycles. The number of carboxylic acids is 1. The average Bonchev–Trinajstić information content (AvgIpc) is 3.16. The third kappa shape index (κ3) is 4.38. The molecule has 0 atom stereocenters. The monoisotopic (exact) mass is 362 g/mol. The second kappa shape index (κ2) is 6.38. The Labute approximate surface area is 128 Å². The Hall–Kier alpha value is -1.70. The Kier molecular flexibility index (Phi) is 4.76. The number of nitrogens with one attached hydrogen (secondary N) is 1. The second-order valence-electron chi connectivity index (χ2n) is 4.89. The summed E-state index contributed by atoms with van der Waals surface area (Å²) in [6.07, 6.45) is 1.84. The summed E-state index contributed by atoms with van der Waals surface area (Å²) in [6.45, 7) is -0.250. The summed E-state index contributed by atoms with van der Waals surface area (Å²) in [7, 11) is 0. The first-order valence-corrected chi connectivity index (χ1v) is 7.08. The number of aliphatic carboxylic acids is 1. The van der Waals surface area contributed by atoms with Gasteiger partial charge in [-0.3, -0.25) is 4.79 Å². The standard InChI is InChI=1S/C13H13BrF2N2O3/c14-8-3-9(15)12(10(16)4-8)17-13(21)18(6-11(19)20)5-7-1-2-7/h3-4,7H,1-2,5-6H2,(H,17,21)(H,19,20). The molecule has 1 aromatic rings. The molecule has 0 bridgehead atoms. The summed E-state index contributed by atoms with van der Waals surface area (Å²) in [4.78, 5) is 23.8. The van der Waals surface area contributed by atoms with Crippen molar-refractivity contribution in [2.45, 2.75) is 12.8 Å². The van der Waals surface area contributed by atoms with Crippen molar-refractivity contribution in [1.82, 2.24) is 4.90 Å². The zero-order chi connectivity index (χ0) is 15.6. The predicted molar refractivity (Wildman–Crippen MR) is 75.0 cm³/mol. The Balaban J connectivity index is 2.12. The highest BCUT2D eigenvalue weighted by atomic mass is 79.9. The van der Waals surface area contributed by atoms with Gasteiger partial charge in [0.05, 0.1) is 0 Å². The maximum Gasteiger partial charge on any atom is 0.323 e. The number of benzene rings is 1. The predicted octanol–water partition coefficient (Wildman–Crippen LogP) is 3.06. The van der Waals surface area contributed by atoms with Gasteiger partial charge in [0.1, 0.15) is 12.2 Å². The molecule has 0 saturated heterocycles. The number of carbonyl (C=O) groups excluding carboxylic acids is 1. The molecule has 0 heterocycles. The number of hydrogen-bond donors (Lipinski definition) is 2. The topological polar surface area (TPSA) is 69.6 Å². The van der Waals surface area contributed by atoms with E-state index >= 15 is 0 Å². The maximum atomic E-state index is 13.7. The van der Waals surface area contributed by atoms with Crippen LogP contribution < -0.4 is 5.32 Å². The zero-order valence-corrected chi connectivity index (χ0v) is 12.5. The van der Waals surface area contributed by atoms with Crippen LogP contribution in [-0.4, -0.2) is 35.1 Å². The summed E-state index contributed by atoms with van der Waals surface area (Å²) in [5.41, 5.74) is -0.589. The summed E-state index contributed by atoms with van der Waals surface area (Å²) >= 11 is 2.94. The number of carbonyl (C=O) groups is 2. The molecule has 5 nitrogen and oxygen atoms in total. The van der Waals surface area contributed by atoms with E-state index in [1.807, 2.05) is 0 Å². The van der Waals surface area contributed by atoms with Gasteiger partial charge >= 0.3 is 12.0 Å². The first kappa shape index (κ1) is 15.7. The minimum atomic E-state index is -1.18. The highest BCUT2D eigenvalue weighted by molar-refractivity contribution is 9.10. The molecule has 0 radical (unpaired) electrons. The van der Waals surface area contributed by atoms with Gasteiger partial charge in [0.2, 0.25) is 0 Å². The van der Waals surface area contributed by atoms with Gasteiger partial charge in [-0.05, 0) is 30.9 Å². The Morgan fingerprint density at radius 2 is 1.90 bits per heavy atom. The van der Waals surface area contributed by atoms with Gasteiger partial charge in [0.15, 0.2) is 11.6 Å². The number of rotatable bonds is 5. The van der Waals surface area contributed by atoms with E-state index in [2.05, 4.69) is 21.2 Å².